The van der Waals surface area contributed by atoms with Crippen LogP contribution in [0.3, 0.4) is 0 Å². The van der Waals surface area contributed by atoms with E-state index >= 15 is 0 Å². The Morgan fingerprint density at radius 2 is 1.92 bits per heavy atom. The van der Waals surface area contributed by atoms with E-state index in [0.717, 1.165) is 64.0 Å². The Morgan fingerprint density at radius 1 is 1.14 bits per heavy atom. The largest absolute Gasteiger partial charge is 0.497 e. The van der Waals surface area contributed by atoms with Gasteiger partial charge in [-0.1, -0.05) is 41.6 Å². The third kappa shape index (κ3) is 4.92. The molecule has 36 heavy (non-hydrogen) atoms. The second kappa shape index (κ2) is 10.5. The summed E-state index contributed by atoms with van der Waals surface area (Å²) >= 11 is 2.94. The van der Waals surface area contributed by atoms with E-state index in [-0.39, 0.29) is 17.2 Å². The molecule has 0 saturated carbocycles. The van der Waals surface area contributed by atoms with Gasteiger partial charge in [-0.25, -0.2) is 4.98 Å². The Bertz CT molecular complexity index is 1490. The van der Waals surface area contributed by atoms with E-state index in [1.54, 1.807) is 23.0 Å². The van der Waals surface area contributed by atoms with Crippen LogP contribution in [0.15, 0.2) is 52.4 Å². The zero-order valence-electron chi connectivity index (χ0n) is 20.7. The summed E-state index contributed by atoms with van der Waals surface area (Å²) in [6.45, 7) is 4.48. The van der Waals surface area contributed by atoms with Crippen molar-refractivity contribution in [3.8, 4) is 11.4 Å². The minimum Gasteiger partial charge on any atom is -0.497 e. The van der Waals surface area contributed by atoms with E-state index in [2.05, 4.69) is 11.4 Å². The van der Waals surface area contributed by atoms with Crippen molar-refractivity contribution in [1.29, 1.82) is 0 Å². The lowest BCUT2D eigenvalue weighted by atomic mass is 9.97. The van der Waals surface area contributed by atoms with Gasteiger partial charge in [0, 0.05) is 11.4 Å². The summed E-state index contributed by atoms with van der Waals surface area (Å²) in [6, 6.07) is 13.7. The lowest BCUT2D eigenvalue weighted by molar-refractivity contribution is -0.118. The van der Waals surface area contributed by atoms with Gasteiger partial charge in [-0.3, -0.25) is 14.2 Å². The molecule has 186 valence electrons. The molecule has 0 saturated heterocycles. The maximum Gasteiger partial charge on any atom is 0.267 e. The van der Waals surface area contributed by atoms with Crippen molar-refractivity contribution in [1.82, 2.24) is 14.9 Å². The normalized spacial score (nSPS) is 13.0. The quantitative estimate of drug-likeness (QED) is 0.263. The first-order valence-electron chi connectivity index (χ1n) is 12.1. The highest BCUT2D eigenvalue weighted by Gasteiger charge is 2.23. The zero-order chi connectivity index (χ0) is 25.2. The lowest BCUT2D eigenvalue weighted by Crippen LogP contribution is -2.26. The molecule has 4 aromatic rings. The van der Waals surface area contributed by atoms with Crippen LogP contribution in [0.25, 0.3) is 15.9 Å². The number of hydrogen-bond acceptors (Lipinski definition) is 6. The van der Waals surface area contributed by atoms with E-state index in [9.17, 15) is 9.59 Å². The standard InChI is InChI=1S/C28H29N3O3S2/c1-17-8-13-22(18(2)14-17)31-27(33)25-21-6-4-5-7-23(21)36-26(25)30-28(31)35-16-24(32)29-15-19-9-11-20(34-3)12-10-19/h8-14H,4-7,15-16H2,1-3H3,(H,29,32). The van der Waals surface area contributed by atoms with Crippen LogP contribution in [0.5, 0.6) is 5.75 Å². The van der Waals surface area contributed by atoms with Crippen LogP contribution >= 0.6 is 23.1 Å². The summed E-state index contributed by atoms with van der Waals surface area (Å²) in [5.74, 6) is 0.842. The average Bonchev–Trinajstić information content (AvgIpc) is 3.26. The monoisotopic (exact) mass is 519 g/mol. The number of thiophene rings is 1. The number of ether oxygens (including phenoxy) is 1. The number of carbonyl (C=O) groups is 1. The van der Waals surface area contributed by atoms with Crippen molar-refractivity contribution >= 4 is 39.2 Å². The van der Waals surface area contributed by atoms with Crippen molar-refractivity contribution < 1.29 is 9.53 Å². The summed E-state index contributed by atoms with van der Waals surface area (Å²) in [5.41, 5.74) is 5.09. The molecule has 8 heteroatoms. The topological polar surface area (TPSA) is 73.2 Å². The van der Waals surface area contributed by atoms with Gasteiger partial charge in [0.1, 0.15) is 10.6 Å². The number of methoxy groups -OCH3 is 1. The van der Waals surface area contributed by atoms with Crippen molar-refractivity contribution in [3.63, 3.8) is 0 Å². The predicted octanol–water partition coefficient (Wildman–Crippen LogP) is 5.36. The van der Waals surface area contributed by atoms with Crippen LogP contribution < -0.4 is 15.6 Å². The van der Waals surface area contributed by atoms with Gasteiger partial charge < -0.3 is 10.1 Å². The predicted molar refractivity (Wildman–Crippen MR) is 147 cm³/mol. The summed E-state index contributed by atoms with van der Waals surface area (Å²) < 4.78 is 6.90. The van der Waals surface area contributed by atoms with Gasteiger partial charge in [0.15, 0.2) is 5.16 Å². The molecule has 6 nitrogen and oxygen atoms in total. The molecular formula is C28H29N3O3S2. The first-order chi connectivity index (χ1) is 17.4. The molecule has 0 radical (unpaired) electrons. The van der Waals surface area contributed by atoms with Gasteiger partial charge >= 0.3 is 0 Å². The van der Waals surface area contributed by atoms with Crippen molar-refractivity contribution in [3.05, 3.63) is 79.9 Å². The zero-order valence-corrected chi connectivity index (χ0v) is 22.4. The smallest absolute Gasteiger partial charge is 0.267 e. The van der Waals surface area contributed by atoms with E-state index < -0.39 is 0 Å². The number of nitrogens with one attached hydrogen (secondary N) is 1. The second-order valence-corrected chi connectivity index (χ2v) is 11.2. The number of hydrogen-bond donors (Lipinski definition) is 1. The molecule has 0 bridgehead atoms. The van der Waals surface area contributed by atoms with Gasteiger partial charge in [-0.15, -0.1) is 11.3 Å². The third-order valence-electron chi connectivity index (χ3n) is 6.53. The maximum atomic E-state index is 13.9. The van der Waals surface area contributed by atoms with Crippen molar-refractivity contribution in [2.24, 2.45) is 0 Å². The number of aromatic nitrogens is 2. The molecule has 0 unspecified atom stereocenters. The highest BCUT2D eigenvalue weighted by Crippen LogP contribution is 2.35. The van der Waals surface area contributed by atoms with Crippen LogP contribution in [-0.4, -0.2) is 28.3 Å². The average molecular weight is 520 g/mol. The summed E-state index contributed by atoms with van der Waals surface area (Å²) in [7, 11) is 1.63. The molecule has 0 spiro atoms. The summed E-state index contributed by atoms with van der Waals surface area (Å²) in [5, 5.41) is 4.27. The van der Waals surface area contributed by atoms with Gasteiger partial charge in [0.25, 0.3) is 5.56 Å². The van der Waals surface area contributed by atoms with Gasteiger partial charge in [-0.05, 0) is 74.4 Å². The third-order valence-corrected chi connectivity index (χ3v) is 8.66. The number of amides is 1. The molecule has 1 aliphatic carbocycles. The molecule has 2 heterocycles. The first kappa shape index (κ1) is 24.6. The second-order valence-electron chi connectivity index (χ2n) is 9.13. The maximum absolute atomic E-state index is 13.9. The van der Waals surface area contributed by atoms with Crippen LogP contribution in [-0.2, 0) is 24.2 Å². The molecule has 0 aliphatic heterocycles. The summed E-state index contributed by atoms with van der Waals surface area (Å²) in [4.78, 5) is 33.7. The van der Waals surface area contributed by atoms with Crippen LogP contribution in [0.4, 0.5) is 0 Å². The molecule has 0 fully saturated rings. The van der Waals surface area contributed by atoms with E-state index in [1.807, 2.05) is 50.2 Å². The fourth-order valence-corrected chi connectivity index (χ4v) is 6.82. The molecule has 5 rings (SSSR count). The Labute approximate surface area is 218 Å². The SMILES string of the molecule is COc1ccc(CNC(=O)CSc2nc3sc4c(c3c(=O)n2-c2ccc(C)cc2C)CCCC4)cc1. The fraction of sp³-hybridized carbons (Fsp3) is 0.321. The first-order valence-corrected chi connectivity index (χ1v) is 13.9. The number of carbonyl (C=O) groups excluding carboxylic acids is 1. The number of rotatable bonds is 7. The van der Waals surface area contributed by atoms with Gasteiger partial charge in [0.2, 0.25) is 5.91 Å². The van der Waals surface area contributed by atoms with Crippen LogP contribution in [0.1, 0.15) is 40.0 Å². The molecule has 1 aliphatic rings. The Hall–Kier alpha value is -3.10. The van der Waals surface area contributed by atoms with Crippen LogP contribution in [0.2, 0.25) is 0 Å². The van der Waals surface area contributed by atoms with Gasteiger partial charge in [-0.2, -0.15) is 0 Å². The molecule has 2 aromatic carbocycles. The lowest BCUT2D eigenvalue weighted by Gasteiger charge is -2.15. The molecule has 2 aromatic heterocycles. The Morgan fingerprint density at radius 3 is 2.67 bits per heavy atom. The molecule has 1 N–H and O–H groups in total. The number of nitrogens with zero attached hydrogens (tertiary/aromatic N) is 2. The van der Waals surface area contributed by atoms with E-state index in [0.29, 0.717) is 11.7 Å². The van der Waals surface area contributed by atoms with Crippen molar-refractivity contribution in [2.75, 3.05) is 12.9 Å². The number of fused-ring (bicyclic) bond motifs is 3. The van der Waals surface area contributed by atoms with Gasteiger partial charge in [0.05, 0.1) is 23.9 Å². The number of aryl methyl sites for hydroxylation is 4. The fourth-order valence-electron chi connectivity index (χ4n) is 4.68. The highest BCUT2D eigenvalue weighted by atomic mass is 32.2. The minimum atomic E-state index is -0.109. The molecule has 1 amide bonds. The Kier molecular flexibility index (Phi) is 7.16. The highest BCUT2D eigenvalue weighted by molar-refractivity contribution is 7.99. The minimum absolute atomic E-state index is 0.0347. The Balaban J connectivity index is 1.45. The van der Waals surface area contributed by atoms with Crippen LogP contribution in [0, 0.1) is 13.8 Å². The number of thioether (sulfide) groups is 1. The van der Waals surface area contributed by atoms with E-state index in [1.165, 1.54) is 22.2 Å². The number of benzene rings is 2. The summed E-state index contributed by atoms with van der Waals surface area (Å²) in [6.07, 6.45) is 4.20. The molecular weight excluding hydrogens is 490 g/mol. The molecule has 0 atom stereocenters. The van der Waals surface area contributed by atoms with Crippen molar-refractivity contribution in [2.45, 2.75) is 51.2 Å². The van der Waals surface area contributed by atoms with E-state index in [4.69, 9.17) is 9.72 Å².